The fourth-order valence-electron chi connectivity index (χ4n) is 2.01. The maximum absolute atomic E-state index is 12.8. The van der Waals surface area contributed by atoms with Crippen LogP contribution in [0.25, 0.3) is 21.9 Å². The van der Waals surface area contributed by atoms with Gasteiger partial charge in [-0.3, -0.25) is 0 Å². The first kappa shape index (κ1) is 11.0. The number of fused-ring (bicyclic) bond motifs is 3. The van der Waals surface area contributed by atoms with Gasteiger partial charge in [0.2, 0.25) is 0 Å². The highest BCUT2D eigenvalue weighted by atomic mass is 19.4. The largest absolute Gasteiger partial charge is 0.508 e. The molecular weight excluding hydrogens is 245 g/mol. The summed E-state index contributed by atoms with van der Waals surface area (Å²) in [4.78, 5) is 0. The Hall–Kier alpha value is -2.17. The molecule has 0 aliphatic carbocycles. The quantitative estimate of drug-likeness (QED) is 0.646. The third kappa shape index (κ3) is 1.51. The average molecular weight is 252 g/mol. The first-order valence-electron chi connectivity index (χ1n) is 5.18. The summed E-state index contributed by atoms with van der Waals surface area (Å²) in [5, 5.41) is 10.2. The van der Waals surface area contributed by atoms with E-state index in [4.69, 9.17) is 4.42 Å². The Bertz CT molecular complexity index is 741. The second-order valence-electron chi connectivity index (χ2n) is 3.96. The second kappa shape index (κ2) is 3.41. The summed E-state index contributed by atoms with van der Waals surface area (Å²) in [6.45, 7) is 0. The lowest BCUT2D eigenvalue weighted by Crippen LogP contribution is -2.04. The Kier molecular flexibility index (Phi) is 2.08. The molecule has 0 unspecified atom stereocenters. The number of benzene rings is 2. The standard InChI is InChI=1S/C13H7F3O2/c14-13(15,16)10-3-1-2-9-8-5-4-7(17)6-11(8)18-12(9)10/h1-6,17H. The fourth-order valence-corrected chi connectivity index (χ4v) is 2.01. The molecule has 0 saturated carbocycles. The van der Waals surface area contributed by atoms with Crippen molar-refractivity contribution in [2.24, 2.45) is 0 Å². The number of hydrogen-bond donors (Lipinski definition) is 1. The van der Waals surface area contributed by atoms with Crippen molar-refractivity contribution >= 4 is 21.9 Å². The van der Waals surface area contributed by atoms with Crippen LogP contribution in [0.3, 0.4) is 0 Å². The zero-order valence-electron chi connectivity index (χ0n) is 8.95. The molecule has 0 spiro atoms. The summed E-state index contributed by atoms with van der Waals surface area (Å²) in [6, 6.07) is 8.13. The van der Waals surface area contributed by atoms with Gasteiger partial charge in [-0.05, 0) is 18.2 Å². The van der Waals surface area contributed by atoms with Crippen molar-refractivity contribution in [3.8, 4) is 5.75 Å². The molecule has 2 nitrogen and oxygen atoms in total. The molecule has 92 valence electrons. The minimum atomic E-state index is -4.46. The summed E-state index contributed by atoms with van der Waals surface area (Å²) < 4.78 is 43.7. The normalized spacial score (nSPS) is 12.4. The summed E-state index contributed by atoms with van der Waals surface area (Å²) in [6.07, 6.45) is -4.46. The van der Waals surface area contributed by atoms with Gasteiger partial charge in [-0.15, -0.1) is 0 Å². The van der Waals surface area contributed by atoms with Gasteiger partial charge in [0.05, 0.1) is 5.56 Å². The van der Waals surface area contributed by atoms with Gasteiger partial charge in [0.15, 0.2) is 0 Å². The van der Waals surface area contributed by atoms with E-state index in [-0.39, 0.29) is 16.9 Å². The molecule has 0 fully saturated rings. The van der Waals surface area contributed by atoms with Gasteiger partial charge in [0.1, 0.15) is 16.9 Å². The van der Waals surface area contributed by atoms with Gasteiger partial charge in [-0.25, -0.2) is 0 Å². The predicted molar refractivity (Wildman–Crippen MR) is 60.4 cm³/mol. The third-order valence-corrected chi connectivity index (χ3v) is 2.79. The van der Waals surface area contributed by atoms with Gasteiger partial charge in [0.25, 0.3) is 0 Å². The third-order valence-electron chi connectivity index (χ3n) is 2.79. The Balaban J connectivity index is 2.46. The van der Waals surface area contributed by atoms with E-state index in [2.05, 4.69) is 0 Å². The van der Waals surface area contributed by atoms with E-state index in [1.165, 1.54) is 24.3 Å². The number of para-hydroxylation sites is 1. The summed E-state index contributed by atoms with van der Waals surface area (Å²) in [7, 11) is 0. The minimum Gasteiger partial charge on any atom is -0.508 e. The molecule has 3 rings (SSSR count). The molecule has 5 heteroatoms. The Morgan fingerprint density at radius 1 is 1.00 bits per heavy atom. The van der Waals surface area contributed by atoms with E-state index < -0.39 is 11.7 Å². The van der Waals surface area contributed by atoms with Gasteiger partial charge in [-0.2, -0.15) is 13.2 Å². The highest BCUT2D eigenvalue weighted by Gasteiger charge is 2.34. The Labute approximate surface area is 99.2 Å². The van der Waals surface area contributed by atoms with E-state index >= 15 is 0 Å². The first-order chi connectivity index (χ1) is 8.47. The molecule has 1 aromatic heterocycles. The van der Waals surface area contributed by atoms with Crippen LogP contribution >= 0.6 is 0 Å². The van der Waals surface area contributed by atoms with Crippen molar-refractivity contribution < 1.29 is 22.7 Å². The van der Waals surface area contributed by atoms with Crippen LogP contribution in [-0.4, -0.2) is 5.11 Å². The molecule has 0 aliphatic rings. The minimum absolute atomic E-state index is 0.0462. The van der Waals surface area contributed by atoms with Crippen molar-refractivity contribution in [1.82, 2.24) is 0 Å². The number of aromatic hydroxyl groups is 1. The molecule has 3 aromatic rings. The van der Waals surface area contributed by atoms with Crippen LogP contribution in [-0.2, 0) is 6.18 Å². The molecule has 1 N–H and O–H groups in total. The number of phenolic OH excluding ortho intramolecular Hbond substituents is 1. The van der Waals surface area contributed by atoms with Crippen molar-refractivity contribution in [3.05, 3.63) is 42.0 Å². The van der Waals surface area contributed by atoms with Crippen LogP contribution in [0.2, 0.25) is 0 Å². The van der Waals surface area contributed by atoms with Crippen molar-refractivity contribution in [2.45, 2.75) is 6.18 Å². The predicted octanol–water partition coefficient (Wildman–Crippen LogP) is 4.31. The van der Waals surface area contributed by atoms with E-state index in [0.29, 0.717) is 10.8 Å². The summed E-state index contributed by atoms with van der Waals surface area (Å²) in [5.41, 5.74) is -0.775. The van der Waals surface area contributed by atoms with Crippen LogP contribution in [0.4, 0.5) is 13.2 Å². The van der Waals surface area contributed by atoms with Gasteiger partial charge in [0, 0.05) is 16.8 Å². The maximum Gasteiger partial charge on any atom is 0.420 e. The van der Waals surface area contributed by atoms with Crippen molar-refractivity contribution in [1.29, 1.82) is 0 Å². The molecular formula is C13H7F3O2. The number of rotatable bonds is 0. The number of halogens is 3. The van der Waals surface area contributed by atoms with Crippen molar-refractivity contribution in [3.63, 3.8) is 0 Å². The maximum atomic E-state index is 12.8. The van der Waals surface area contributed by atoms with Gasteiger partial charge >= 0.3 is 6.18 Å². The molecule has 0 bridgehead atoms. The second-order valence-corrected chi connectivity index (χ2v) is 3.96. The number of phenols is 1. The fraction of sp³-hybridized carbons (Fsp3) is 0.0769. The summed E-state index contributed by atoms with van der Waals surface area (Å²) in [5.74, 6) is -0.0462. The Morgan fingerprint density at radius 3 is 2.50 bits per heavy atom. The average Bonchev–Trinajstić information content (AvgIpc) is 2.64. The van der Waals surface area contributed by atoms with E-state index in [9.17, 15) is 18.3 Å². The monoisotopic (exact) mass is 252 g/mol. The topological polar surface area (TPSA) is 33.4 Å². The first-order valence-corrected chi connectivity index (χ1v) is 5.18. The number of furan rings is 1. The van der Waals surface area contributed by atoms with Gasteiger partial charge in [-0.1, -0.05) is 12.1 Å². The lowest BCUT2D eigenvalue weighted by atomic mass is 10.1. The molecule has 1 heterocycles. The zero-order chi connectivity index (χ0) is 12.9. The molecule has 18 heavy (non-hydrogen) atoms. The van der Waals surface area contributed by atoms with E-state index in [1.807, 2.05) is 0 Å². The molecule has 2 aromatic carbocycles. The zero-order valence-corrected chi connectivity index (χ0v) is 8.95. The van der Waals surface area contributed by atoms with Crippen LogP contribution in [0.5, 0.6) is 5.75 Å². The smallest absolute Gasteiger partial charge is 0.420 e. The van der Waals surface area contributed by atoms with Crippen LogP contribution in [0.15, 0.2) is 40.8 Å². The number of alkyl halides is 3. The molecule has 0 radical (unpaired) electrons. The van der Waals surface area contributed by atoms with Gasteiger partial charge < -0.3 is 9.52 Å². The molecule has 0 aliphatic heterocycles. The van der Waals surface area contributed by atoms with Crippen LogP contribution in [0.1, 0.15) is 5.56 Å². The highest BCUT2D eigenvalue weighted by molar-refractivity contribution is 6.06. The lowest BCUT2D eigenvalue weighted by Gasteiger charge is -2.05. The SMILES string of the molecule is Oc1ccc2c(c1)oc1c(C(F)(F)F)cccc12. The number of hydrogen-bond acceptors (Lipinski definition) is 2. The van der Waals surface area contributed by atoms with E-state index in [1.54, 1.807) is 6.07 Å². The highest BCUT2D eigenvalue weighted by Crippen LogP contribution is 2.39. The molecule has 0 saturated heterocycles. The van der Waals surface area contributed by atoms with Crippen molar-refractivity contribution in [2.75, 3.05) is 0 Å². The summed E-state index contributed by atoms with van der Waals surface area (Å²) >= 11 is 0. The van der Waals surface area contributed by atoms with E-state index in [0.717, 1.165) is 6.07 Å². The molecule has 0 atom stereocenters. The Morgan fingerprint density at radius 2 is 1.78 bits per heavy atom. The van der Waals surface area contributed by atoms with Crippen LogP contribution < -0.4 is 0 Å². The lowest BCUT2D eigenvalue weighted by molar-refractivity contribution is -0.136. The molecule has 0 amide bonds. The van der Waals surface area contributed by atoms with Crippen LogP contribution in [0, 0.1) is 0 Å².